The van der Waals surface area contributed by atoms with Crippen LogP contribution in [0.25, 0.3) is 0 Å². The fourth-order valence-corrected chi connectivity index (χ4v) is 4.24. The van der Waals surface area contributed by atoms with Gasteiger partial charge in [-0.15, -0.1) is 0 Å². The predicted molar refractivity (Wildman–Crippen MR) is 139 cm³/mol. The second kappa shape index (κ2) is 11.3. The maximum Gasteiger partial charge on any atom is 0.411 e. The van der Waals surface area contributed by atoms with E-state index in [9.17, 15) is 14.4 Å². The second-order valence-electron chi connectivity index (χ2n) is 8.77. The van der Waals surface area contributed by atoms with Crippen LogP contribution in [0, 0.1) is 0 Å². The molecule has 186 valence electrons. The number of nitrogens with one attached hydrogen (secondary N) is 2. The lowest BCUT2D eigenvalue weighted by molar-refractivity contribution is -0.127. The highest BCUT2D eigenvalue weighted by Crippen LogP contribution is 2.35. The molecule has 1 fully saturated rings. The number of hydrogen-bond acceptors (Lipinski definition) is 4. The Morgan fingerprint density at radius 2 is 1.78 bits per heavy atom. The van der Waals surface area contributed by atoms with Gasteiger partial charge in [0.15, 0.2) is 12.1 Å². The summed E-state index contributed by atoms with van der Waals surface area (Å²) in [6.07, 6.45) is -0.656. The van der Waals surface area contributed by atoms with Gasteiger partial charge in [-0.2, -0.15) is 0 Å². The number of carbonyl (C=O) groups excluding carboxylic acids is 3. The summed E-state index contributed by atoms with van der Waals surface area (Å²) in [6, 6.07) is 22.2. The van der Waals surface area contributed by atoms with Gasteiger partial charge in [0, 0.05) is 22.3 Å². The number of benzene rings is 3. The van der Waals surface area contributed by atoms with Gasteiger partial charge in [-0.3, -0.25) is 14.5 Å². The van der Waals surface area contributed by atoms with Crippen LogP contribution in [-0.4, -0.2) is 34.9 Å². The molecule has 3 aromatic carbocycles. The Bertz CT molecular complexity index is 1250. The van der Waals surface area contributed by atoms with Crippen molar-refractivity contribution < 1.29 is 19.1 Å². The van der Waals surface area contributed by atoms with Gasteiger partial charge < -0.3 is 15.4 Å². The van der Waals surface area contributed by atoms with E-state index in [1.54, 1.807) is 48.5 Å². The lowest BCUT2D eigenvalue weighted by Gasteiger charge is -2.26. The van der Waals surface area contributed by atoms with E-state index in [0.29, 0.717) is 21.8 Å². The molecule has 3 aromatic rings. The molecule has 36 heavy (non-hydrogen) atoms. The smallest absolute Gasteiger partial charge is 0.411 e. The highest BCUT2D eigenvalue weighted by Gasteiger charge is 2.47. The average Bonchev–Trinajstić information content (AvgIpc) is 3.20. The molecule has 0 spiro atoms. The van der Waals surface area contributed by atoms with Crippen LogP contribution >= 0.6 is 11.6 Å². The van der Waals surface area contributed by atoms with Crippen LogP contribution in [0.4, 0.5) is 10.5 Å². The van der Waals surface area contributed by atoms with Gasteiger partial charge in [0.05, 0.1) is 6.54 Å². The zero-order chi connectivity index (χ0) is 25.7. The maximum atomic E-state index is 13.4. The molecule has 0 unspecified atom stereocenters. The zero-order valence-corrected chi connectivity index (χ0v) is 20.9. The standard InChI is InChI=1S/C28H28ClN3O4/c1-3-18(2)30-27(34)24-25(36-28(35)32(24)17-19-9-5-4-6-10-19)20-11-8-14-23(16-20)31-26(33)21-12-7-13-22(29)15-21/h4-16,18,24-25H,3,17H2,1-2H3,(H,30,34)(H,31,33)/t18-,24+,25+/m0/s1. The molecule has 1 aliphatic heterocycles. The molecule has 0 bridgehead atoms. The first-order chi connectivity index (χ1) is 17.4. The van der Waals surface area contributed by atoms with Crippen molar-refractivity contribution >= 4 is 35.2 Å². The lowest BCUT2D eigenvalue weighted by Crippen LogP contribution is -2.48. The van der Waals surface area contributed by atoms with Crippen LogP contribution < -0.4 is 10.6 Å². The van der Waals surface area contributed by atoms with E-state index in [4.69, 9.17) is 16.3 Å². The van der Waals surface area contributed by atoms with E-state index in [1.807, 2.05) is 44.2 Å². The number of anilines is 1. The van der Waals surface area contributed by atoms with Crippen molar-refractivity contribution in [3.63, 3.8) is 0 Å². The summed E-state index contributed by atoms with van der Waals surface area (Å²) in [5, 5.41) is 6.29. The van der Waals surface area contributed by atoms with Gasteiger partial charge in [0.2, 0.25) is 5.91 Å². The summed E-state index contributed by atoms with van der Waals surface area (Å²) in [4.78, 5) is 40.5. The van der Waals surface area contributed by atoms with Crippen molar-refractivity contribution in [2.24, 2.45) is 0 Å². The molecule has 0 aromatic heterocycles. The first kappa shape index (κ1) is 25.3. The first-order valence-electron chi connectivity index (χ1n) is 11.8. The number of ether oxygens (including phenoxy) is 1. The second-order valence-corrected chi connectivity index (χ2v) is 9.21. The quantitative estimate of drug-likeness (QED) is 0.419. The zero-order valence-electron chi connectivity index (χ0n) is 20.1. The predicted octanol–water partition coefficient (Wildman–Crippen LogP) is 5.57. The lowest BCUT2D eigenvalue weighted by atomic mass is 9.99. The van der Waals surface area contributed by atoms with E-state index < -0.39 is 18.2 Å². The van der Waals surface area contributed by atoms with Crippen LogP contribution in [-0.2, 0) is 16.1 Å². The Hall–Kier alpha value is -3.84. The van der Waals surface area contributed by atoms with Gasteiger partial charge in [-0.25, -0.2) is 4.79 Å². The molecule has 3 amide bonds. The summed E-state index contributed by atoms with van der Waals surface area (Å²) in [5.74, 6) is -0.612. The first-order valence-corrected chi connectivity index (χ1v) is 12.2. The van der Waals surface area contributed by atoms with E-state index in [1.165, 1.54) is 4.90 Å². The Labute approximate surface area is 215 Å². The number of halogens is 1. The third-order valence-electron chi connectivity index (χ3n) is 6.11. The number of amides is 3. The largest absolute Gasteiger partial charge is 0.438 e. The minimum Gasteiger partial charge on any atom is -0.438 e. The average molecular weight is 506 g/mol. The molecule has 0 aliphatic carbocycles. The fraction of sp³-hybridized carbons (Fsp3) is 0.250. The van der Waals surface area contributed by atoms with Crippen molar-refractivity contribution in [1.82, 2.24) is 10.2 Å². The third kappa shape index (κ3) is 5.86. The van der Waals surface area contributed by atoms with Crippen molar-refractivity contribution in [3.05, 3.63) is 101 Å². The summed E-state index contributed by atoms with van der Waals surface area (Å²) in [5.41, 5.74) is 2.42. The van der Waals surface area contributed by atoms with Gasteiger partial charge in [-0.05, 0) is 54.8 Å². The van der Waals surface area contributed by atoms with E-state index >= 15 is 0 Å². The Kier molecular flexibility index (Phi) is 7.90. The minimum absolute atomic E-state index is 0.0595. The molecular formula is C28H28ClN3O4. The normalized spacial score (nSPS) is 17.9. The molecule has 7 nitrogen and oxygen atoms in total. The monoisotopic (exact) mass is 505 g/mol. The Morgan fingerprint density at radius 1 is 1.03 bits per heavy atom. The summed E-state index contributed by atoms with van der Waals surface area (Å²) >= 11 is 6.01. The molecule has 4 rings (SSSR count). The van der Waals surface area contributed by atoms with Gasteiger partial charge in [0.25, 0.3) is 5.91 Å². The van der Waals surface area contributed by atoms with Crippen LogP contribution in [0.5, 0.6) is 0 Å². The summed E-state index contributed by atoms with van der Waals surface area (Å²) < 4.78 is 5.74. The minimum atomic E-state index is -0.870. The van der Waals surface area contributed by atoms with E-state index in [-0.39, 0.29) is 24.4 Å². The summed E-state index contributed by atoms with van der Waals surface area (Å²) in [6.45, 7) is 4.13. The van der Waals surface area contributed by atoms with Crippen molar-refractivity contribution in [2.75, 3.05) is 5.32 Å². The SMILES string of the molecule is CC[C@H](C)NC(=O)[C@H]1[C@@H](c2cccc(NC(=O)c3cccc(Cl)c3)c2)OC(=O)N1Cc1ccccc1. The highest BCUT2D eigenvalue weighted by molar-refractivity contribution is 6.31. The molecule has 1 aliphatic rings. The number of cyclic esters (lactones) is 1. The van der Waals surface area contributed by atoms with Crippen LogP contribution in [0.3, 0.4) is 0 Å². The van der Waals surface area contributed by atoms with E-state index in [2.05, 4.69) is 10.6 Å². The van der Waals surface area contributed by atoms with Crippen molar-refractivity contribution in [2.45, 2.75) is 45.0 Å². The fourth-order valence-electron chi connectivity index (χ4n) is 4.05. The van der Waals surface area contributed by atoms with Crippen LogP contribution in [0.1, 0.15) is 47.9 Å². The molecule has 2 N–H and O–H groups in total. The number of hydrogen-bond donors (Lipinski definition) is 2. The molecular weight excluding hydrogens is 478 g/mol. The Balaban J connectivity index is 1.61. The summed E-state index contributed by atoms with van der Waals surface area (Å²) in [7, 11) is 0. The molecule has 1 heterocycles. The van der Waals surface area contributed by atoms with Gasteiger partial charge >= 0.3 is 6.09 Å². The van der Waals surface area contributed by atoms with Crippen LogP contribution in [0.2, 0.25) is 5.02 Å². The Morgan fingerprint density at radius 3 is 2.50 bits per heavy atom. The number of carbonyl (C=O) groups is 3. The topological polar surface area (TPSA) is 87.7 Å². The molecule has 0 saturated carbocycles. The van der Waals surface area contributed by atoms with Gasteiger partial charge in [0.1, 0.15) is 0 Å². The highest BCUT2D eigenvalue weighted by atomic mass is 35.5. The molecule has 1 saturated heterocycles. The maximum absolute atomic E-state index is 13.4. The molecule has 3 atom stereocenters. The van der Waals surface area contributed by atoms with Crippen molar-refractivity contribution in [3.8, 4) is 0 Å². The third-order valence-corrected chi connectivity index (χ3v) is 6.35. The molecule has 8 heteroatoms. The van der Waals surface area contributed by atoms with Crippen molar-refractivity contribution in [1.29, 1.82) is 0 Å². The number of rotatable bonds is 8. The van der Waals surface area contributed by atoms with E-state index in [0.717, 1.165) is 12.0 Å². The van der Waals surface area contributed by atoms with Crippen LogP contribution in [0.15, 0.2) is 78.9 Å². The number of nitrogens with zero attached hydrogens (tertiary/aromatic N) is 1. The molecule has 0 radical (unpaired) electrons. The van der Waals surface area contributed by atoms with Gasteiger partial charge in [-0.1, -0.05) is 67.1 Å².